The molecule has 2 unspecified atom stereocenters. The minimum absolute atomic E-state index is 0.179. The normalized spacial score (nSPS) is 42.6. The van der Waals surface area contributed by atoms with Gasteiger partial charge < -0.3 is 10.4 Å². The Bertz CT molecular complexity index is 257. The largest absolute Gasteiger partial charge is 0.393 e. The first-order chi connectivity index (χ1) is 7.36. The lowest BCUT2D eigenvalue weighted by Crippen LogP contribution is -2.50. The van der Waals surface area contributed by atoms with Crippen LogP contribution in [0.25, 0.3) is 0 Å². The van der Waals surface area contributed by atoms with Crippen molar-refractivity contribution in [2.24, 2.45) is 16.7 Å². The molecular formula is C14H27NO. The van der Waals surface area contributed by atoms with E-state index in [1.165, 1.54) is 19.3 Å². The highest BCUT2D eigenvalue weighted by Gasteiger charge is 2.58. The third-order valence-corrected chi connectivity index (χ3v) is 5.18. The Labute approximate surface area is 99.8 Å². The summed E-state index contributed by atoms with van der Waals surface area (Å²) >= 11 is 0. The van der Waals surface area contributed by atoms with Crippen molar-refractivity contribution >= 4 is 0 Å². The Hall–Kier alpha value is -0.0800. The second kappa shape index (κ2) is 3.99. The van der Waals surface area contributed by atoms with E-state index in [9.17, 15) is 5.11 Å². The monoisotopic (exact) mass is 225 g/mol. The molecule has 0 saturated heterocycles. The maximum absolute atomic E-state index is 9.31. The van der Waals surface area contributed by atoms with Gasteiger partial charge in [0.2, 0.25) is 0 Å². The van der Waals surface area contributed by atoms with E-state index in [0.29, 0.717) is 16.9 Å². The molecule has 2 rings (SSSR count). The lowest BCUT2D eigenvalue weighted by molar-refractivity contribution is 0.103. The van der Waals surface area contributed by atoms with Gasteiger partial charge in [0, 0.05) is 6.04 Å². The zero-order valence-corrected chi connectivity index (χ0v) is 11.2. The molecule has 94 valence electrons. The van der Waals surface area contributed by atoms with Gasteiger partial charge in [-0.05, 0) is 55.9 Å². The summed E-state index contributed by atoms with van der Waals surface area (Å²) in [5.74, 6) is 0.904. The summed E-state index contributed by atoms with van der Waals surface area (Å²) in [6, 6.07) is 0.637. The van der Waals surface area contributed by atoms with Crippen LogP contribution in [0.5, 0.6) is 0 Å². The van der Waals surface area contributed by atoms with Crippen molar-refractivity contribution in [1.29, 1.82) is 0 Å². The lowest BCUT2D eigenvalue weighted by Gasteiger charge is -2.43. The standard InChI is InChI=1S/C14H27NO/c1-10(16)6-8-15-12-13(2,3)11-5-7-14(12,4)9-11/h10-12,15-16H,5-9H2,1-4H3/t10?,11-,12?,14+/m0/s1. The Morgan fingerprint density at radius 3 is 2.56 bits per heavy atom. The molecule has 2 saturated carbocycles. The zero-order chi connectivity index (χ0) is 12.0. The average Bonchev–Trinajstić information content (AvgIpc) is 2.62. The first-order valence-corrected chi connectivity index (χ1v) is 6.78. The van der Waals surface area contributed by atoms with E-state index in [0.717, 1.165) is 18.9 Å². The van der Waals surface area contributed by atoms with Crippen LogP contribution in [0.1, 0.15) is 53.4 Å². The number of nitrogens with one attached hydrogen (secondary N) is 1. The summed E-state index contributed by atoms with van der Waals surface area (Å²) in [6.07, 6.45) is 4.88. The van der Waals surface area contributed by atoms with E-state index in [-0.39, 0.29) is 6.10 Å². The van der Waals surface area contributed by atoms with Gasteiger partial charge in [0.05, 0.1) is 6.10 Å². The Morgan fingerprint density at radius 1 is 1.38 bits per heavy atom. The first kappa shape index (κ1) is 12.4. The summed E-state index contributed by atoms with van der Waals surface area (Å²) in [5, 5.41) is 13.0. The molecule has 0 aliphatic heterocycles. The predicted molar refractivity (Wildman–Crippen MR) is 67.3 cm³/mol. The molecule has 2 bridgehead atoms. The van der Waals surface area contributed by atoms with E-state index in [1.54, 1.807) is 0 Å². The molecule has 0 aromatic carbocycles. The minimum Gasteiger partial charge on any atom is -0.393 e. The number of aliphatic hydroxyl groups excluding tert-OH is 1. The SMILES string of the molecule is CC(O)CCNC1C(C)(C)[C@H]2CC[C@]1(C)C2. The summed E-state index contributed by atoms with van der Waals surface area (Å²) in [4.78, 5) is 0. The Kier molecular flexibility index (Phi) is 3.09. The van der Waals surface area contributed by atoms with Crippen molar-refractivity contribution in [3.05, 3.63) is 0 Å². The van der Waals surface area contributed by atoms with Gasteiger partial charge in [0.15, 0.2) is 0 Å². The average molecular weight is 225 g/mol. The summed E-state index contributed by atoms with van der Waals surface area (Å²) in [6.45, 7) is 10.1. The quantitative estimate of drug-likeness (QED) is 0.770. The molecule has 2 aliphatic carbocycles. The highest BCUT2D eigenvalue weighted by atomic mass is 16.3. The van der Waals surface area contributed by atoms with Gasteiger partial charge in [-0.25, -0.2) is 0 Å². The van der Waals surface area contributed by atoms with Gasteiger partial charge in [-0.2, -0.15) is 0 Å². The molecule has 2 heteroatoms. The molecule has 0 aromatic heterocycles. The fraction of sp³-hybridized carbons (Fsp3) is 1.00. The van der Waals surface area contributed by atoms with Crippen LogP contribution in [0.3, 0.4) is 0 Å². The summed E-state index contributed by atoms with van der Waals surface area (Å²) in [5.41, 5.74) is 0.943. The molecule has 4 atom stereocenters. The molecule has 0 heterocycles. The molecular weight excluding hydrogens is 198 g/mol. The maximum Gasteiger partial charge on any atom is 0.0524 e. The summed E-state index contributed by atoms with van der Waals surface area (Å²) in [7, 11) is 0. The Morgan fingerprint density at radius 2 is 2.06 bits per heavy atom. The first-order valence-electron chi connectivity index (χ1n) is 6.78. The van der Waals surface area contributed by atoms with Crippen molar-refractivity contribution in [3.63, 3.8) is 0 Å². The number of aliphatic hydroxyl groups is 1. The Balaban J connectivity index is 1.97. The van der Waals surface area contributed by atoms with Gasteiger partial charge in [-0.3, -0.25) is 0 Å². The van der Waals surface area contributed by atoms with Crippen molar-refractivity contribution in [1.82, 2.24) is 5.32 Å². The van der Waals surface area contributed by atoms with Crippen molar-refractivity contribution in [2.75, 3.05) is 6.54 Å². The van der Waals surface area contributed by atoms with Crippen LogP contribution in [0.15, 0.2) is 0 Å². The number of fused-ring (bicyclic) bond motifs is 2. The molecule has 2 N–H and O–H groups in total. The second-order valence-electron chi connectivity index (χ2n) is 6.94. The predicted octanol–water partition coefficient (Wildman–Crippen LogP) is 2.56. The van der Waals surface area contributed by atoms with E-state index in [1.807, 2.05) is 6.92 Å². The molecule has 0 spiro atoms. The van der Waals surface area contributed by atoms with E-state index >= 15 is 0 Å². The van der Waals surface area contributed by atoms with Crippen molar-refractivity contribution in [3.8, 4) is 0 Å². The number of hydrogen-bond acceptors (Lipinski definition) is 2. The van der Waals surface area contributed by atoms with Crippen LogP contribution in [0, 0.1) is 16.7 Å². The van der Waals surface area contributed by atoms with Crippen LogP contribution >= 0.6 is 0 Å². The van der Waals surface area contributed by atoms with E-state index in [2.05, 4.69) is 26.1 Å². The van der Waals surface area contributed by atoms with Crippen LogP contribution in [-0.4, -0.2) is 23.8 Å². The molecule has 0 radical (unpaired) electrons. The summed E-state index contributed by atoms with van der Waals surface area (Å²) < 4.78 is 0. The van der Waals surface area contributed by atoms with Gasteiger partial charge in [0.1, 0.15) is 0 Å². The topological polar surface area (TPSA) is 32.3 Å². The van der Waals surface area contributed by atoms with E-state index in [4.69, 9.17) is 0 Å². The third kappa shape index (κ3) is 1.91. The molecule has 2 fully saturated rings. The molecule has 2 nitrogen and oxygen atoms in total. The van der Waals surface area contributed by atoms with Gasteiger partial charge >= 0.3 is 0 Å². The minimum atomic E-state index is -0.179. The van der Waals surface area contributed by atoms with Crippen LogP contribution in [-0.2, 0) is 0 Å². The van der Waals surface area contributed by atoms with E-state index < -0.39 is 0 Å². The number of rotatable bonds is 4. The van der Waals surface area contributed by atoms with Crippen LogP contribution < -0.4 is 5.32 Å². The van der Waals surface area contributed by atoms with Crippen LogP contribution in [0.4, 0.5) is 0 Å². The van der Waals surface area contributed by atoms with Gasteiger partial charge in [0.25, 0.3) is 0 Å². The highest BCUT2D eigenvalue weighted by Crippen LogP contribution is 2.62. The van der Waals surface area contributed by atoms with Crippen molar-refractivity contribution < 1.29 is 5.11 Å². The zero-order valence-electron chi connectivity index (χ0n) is 11.2. The number of hydrogen-bond donors (Lipinski definition) is 2. The molecule has 16 heavy (non-hydrogen) atoms. The highest BCUT2D eigenvalue weighted by molar-refractivity contribution is 5.11. The van der Waals surface area contributed by atoms with Gasteiger partial charge in [-0.15, -0.1) is 0 Å². The molecule has 2 aliphatic rings. The molecule has 0 amide bonds. The van der Waals surface area contributed by atoms with Crippen LogP contribution in [0.2, 0.25) is 0 Å². The fourth-order valence-electron chi connectivity index (χ4n) is 4.25. The third-order valence-electron chi connectivity index (χ3n) is 5.18. The maximum atomic E-state index is 9.31. The smallest absolute Gasteiger partial charge is 0.0524 e. The second-order valence-corrected chi connectivity index (χ2v) is 6.94. The van der Waals surface area contributed by atoms with Gasteiger partial charge in [-0.1, -0.05) is 20.8 Å². The molecule has 0 aromatic rings. The lowest BCUT2D eigenvalue weighted by atomic mass is 9.68. The van der Waals surface area contributed by atoms with Crippen molar-refractivity contribution in [2.45, 2.75) is 65.5 Å². The fourth-order valence-corrected chi connectivity index (χ4v) is 4.25.